The van der Waals surface area contributed by atoms with Crippen LogP contribution in [-0.4, -0.2) is 6.29 Å². The fourth-order valence-electron chi connectivity index (χ4n) is 2.08. The topological polar surface area (TPSA) is 17.1 Å². The van der Waals surface area contributed by atoms with Crippen LogP contribution in [0.25, 0.3) is 0 Å². The maximum atomic E-state index is 11.0. The fourth-order valence-corrected chi connectivity index (χ4v) is 2.20. The minimum Gasteiger partial charge on any atom is -0.303 e. The lowest BCUT2D eigenvalue weighted by molar-refractivity contribution is -0.111. The summed E-state index contributed by atoms with van der Waals surface area (Å²) in [4.78, 5) is 11.0. The van der Waals surface area contributed by atoms with E-state index in [0.29, 0.717) is 5.92 Å². The Morgan fingerprint density at radius 1 is 1.13 bits per heavy atom. The van der Waals surface area contributed by atoms with Crippen molar-refractivity contribution in [1.82, 2.24) is 0 Å². The molecule has 1 aliphatic rings. The predicted octanol–water partition coefficient (Wildman–Crippen LogP) is 3.59. The van der Waals surface area contributed by atoms with Crippen LogP contribution in [0.15, 0.2) is 36.4 Å². The van der Waals surface area contributed by atoms with Crippen molar-refractivity contribution in [3.8, 4) is 0 Å². The first-order chi connectivity index (χ1) is 7.31. The monoisotopic (exact) mass is 220 g/mol. The largest absolute Gasteiger partial charge is 0.303 e. The number of aldehydes is 1. The summed E-state index contributed by atoms with van der Waals surface area (Å²) < 4.78 is 0. The molecule has 1 nitrogen and oxygen atoms in total. The standard InChI is InChI=1S/C13H13ClO/c14-12-7-5-10(6-8-12)13-4-2-1-3-11(13)9-15/h1-2,5-9,11,13H,3-4H2. The van der Waals surface area contributed by atoms with Crippen LogP contribution in [-0.2, 0) is 4.79 Å². The molecule has 15 heavy (non-hydrogen) atoms. The summed E-state index contributed by atoms with van der Waals surface area (Å²) in [6, 6.07) is 7.81. The van der Waals surface area contributed by atoms with Gasteiger partial charge in [-0.25, -0.2) is 0 Å². The molecule has 78 valence electrons. The van der Waals surface area contributed by atoms with E-state index in [2.05, 4.69) is 12.2 Å². The van der Waals surface area contributed by atoms with Crippen molar-refractivity contribution in [3.63, 3.8) is 0 Å². The molecule has 2 rings (SSSR count). The van der Waals surface area contributed by atoms with E-state index in [4.69, 9.17) is 11.6 Å². The molecule has 1 aromatic carbocycles. The Morgan fingerprint density at radius 3 is 2.47 bits per heavy atom. The fraction of sp³-hybridized carbons (Fsp3) is 0.308. The molecule has 0 N–H and O–H groups in total. The number of allylic oxidation sites excluding steroid dienone is 2. The molecule has 1 aliphatic carbocycles. The van der Waals surface area contributed by atoms with E-state index >= 15 is 0 Å². The summed E-state index contributed by atoms with van der Waals surface area (Å²) in [7, 11) is 0. The Kier molecular flexibility index (Phi) is 3.22. The quantitative estimate of drug-likeness (QED) is 0.550. The zero-order valence-electron chi connectivity index (χ0n) is 8.40. The maximum Gasteiger partial charge on any atom is 0.124 e. The molecule has 0 fully saturated rings. The zero-order chi connectivity index (χ0) is 10.7. The molecule has 2 heteroatoms. The van der Waals surface area contributed by atoms with Gasteiger partial charge in [0, 0.05) is 10.9 Å². The number of benzene rings is 1. The van der Waals surface area contributed by atoms with Crippen LogP contribution in [0.4, 0.5) is 0 Å². The van der Waals surface area contributed by atoms with Crippen LogP contribution in [0.1, 0.15) is 24.3 Å². The van der Waals surface area contributed by atoms with Crippen LogP contribution in [0, 0.1) is 5.92 Å². The van der Waals surface area contributed by atoms with Gasteiger partial charge in [0.2, 0.25) is 0 Å². The van der Waals surface area contributed by atoms with Crippen LogP contribution >= 0.6 is 11.6 Å². The number of rotatable bonds is 2. The molecule has 0 spiro atoms. The zero-order valence-corrected chi connectivity index (χ0v) is 9.15. The first kappa shape index (κ1) is 10.4. The molecule has 0 radical (unpaired) electrons. The summed E-state index contributed by atoms with van der Waals surface area (Å²) in [5.41, 5.74) is 1.21. The molecular weight excluding hydrogens is 208 g/mol. The van der Waals surface area contributed by atoms with E-state index in [-0.39, 0.29) is 5.92 Å². The van der Waals surface area contributed by atoms with Crippen molar-refractivity contribution in [2.24, 2.45) is 5.92 Å². The van der Waals surface area contributed by atoms with Crippen LogP contribution in [0.3, 0.4) is 0 Å². The summed E-state index contributed by atoms with van der Waals surface area (Å²) >= 11 is 5.84. The SMILES string of the molecule is O=CC1CC=CCC1c1ccc(Cl)cc1. The third-order valence-electron chi connectivity index (χ3n) is 2.95. The molecule has 1 aromatic rings. The van der Waals surface area contributed by atoms with Gasteiger partial charge in [0.05, 0.1) is 0 Å². The number of carbonyl (C=O) groups excluding carboxylic acids is 1. The van der Waals surface area contributed by atoms with Gasteiger partial charge in [-0.3, -0.25) is 0 Å². The van der Waals surface area contributed by atoms with Crippen LogP contribution in [0.2, 0.25) is 5.02 Å². The van der Waals surface area contributed by atoms with E-state index in [0.717, 1.165) is 24.2 Å². The Bertz CT molecular complexity index is 367. The first-order valence-electron chi connectivity index (χ1n) is 5.17. The minimum absolute atomic E-state index is 0.121. The summed E-state index contributed by atoms with van der Waals surface area (Å²) in [5, 5.41) is 0.743. The number of hydrogen-bond donors (Lipinski definition) is 0. The summed E-state index contributed by atoms with van der Waals surface area (Å²) in [6.45, 7) is 0. The molecule has 0 saturated carbocycles. The van der Waals surface area contributed by atoms with Gasteiger partial charge in [-0.05, 0) is 36.5 Å². The Hall–Kier alpha value is -1.08. The molecule has 0 bridgehead atoms. The number of carbonyl (C=O) groups is 1. The lowest BCUT2D eigenvalue weighted by atomic mass is 9.79. The Labute approximate surface area is 94.8 Å². The van der Waals surface area contributed by atoms with E-state index in [1.807, 2.05) is 24.3 Å². The molecule has 2 atom stereocenters. The van der Waals surface area contributed by atoms with Gasteiger partial charge in [-0.15, -0.1) is 0 Å². The Morgan fingerprint density at radius 2 is 1.80 bits per heavy atom. The summed E-state index contributed by atoms with van der Waals surface area (Å²) in [6.07, 6.45) is 7.12. The Balaban J connectivity index is 2.25. The van der Waals surface area contributed by atoms with Crippen LogP contribution in [0.5, 0.6) is 0 Å². The van der Waals surface area contributed by atoms with Gasteiger partial charge in [0.25, 0.3) is 0 Å². The van der Waals surface area contributed by atoms with Crippen molar-refractivity contribution < 1.29 is 4.79 Å². The molecule has 0 aromatic heterocycles. The van der Waals surface area contributed by atoms with Gasteiger partial charge < -0.3 is 4.79 Å². The molecular formula is C13H13ClO. The number of halogens is 1. The highest BCUT2D eigenvalue weighted by molar-refractivity contribution is 6.30. The van der Waals surface area contributed by atoms with Crippen molar-refractivity contribution >= 4 is 17.9 Å². The van der Waals surface area contributed by atoms with E-state index in [9.17, 15) is 4.79 Å². The molecule has 0 heterocycles. The highest BCUT2D eigenvalue weighted by Crippen LogP contribution is 2.33. The molecule has 0 aliphatic heterocycles. The molecule has 0 amide bonds. The smallest absolute Gasteiger partial charge is 0.124 e. The third kappa shape index (κ3) is 2.29. The lowest BCUT2D eigenvalue weighted by Gasteiger charge is -2.24. The maximum absolute atomic E-state index is 11.0. The second kappa shape index (κ2) is 4.63. The van der Waals surface area contributed by atoms with Gasteiger partial charge in [0.1, 0.15) is 6.29 Å². The predicted molar refractivity (Wildman–Crippen MR) is 62.1 cm³/mol. The third-order valence-corrected chi connectivity index (χ3v) is 3.21. The number of hydrogen-bond acceptors (Lipinski definition) is 1. The van der Waals surface area contributed by atoms with Gasteiger partial charge in [-0.1, -0.05) is 35.9 Å². The van der Waals surface area contributed by atoms with Crippen LogP contribution < -0.4 is 0 Å². The van der Waals surface area contributed by atoms with Crippen molar-refractivity contribution in [2.75, 3.05) is 0 Å². The highest BCUT2D eigenvalue weighted by atomic mass is 35.5. The lowest BCUT2D eigenvalue weighted by Crippen LogP contribution is -2.16. The summed E-state index contributed by atoms with van der Waals surface area (Å²) in [5.74, 6) is 0.445. The normalized spacial score (nSPS) is 25.1. The van der Waals surface area contributed by atoms with Gasteiger partial charge >= 0.3 is 0 Å². The molecule has 2 unspecified atom stereocenters. The molecule has 0 saturated heterocycles. The average molecular weight is 221 g/mol. The van der Waals surface area contributed by atoms with E-state index < -0.39 is 0 Å². The van der Waals surface area contributed by atoms with E-state index in [1.54, 1.807) is 0 Å². The van der Waals surface area contributed by atoms with Crippen molar-refractivity contribution in [2.45, 2.75) is 18.8 Å². The van der Waals surface area contributed by atoms with Gasteiger partial charge in [0.15, 0.2) is 0 Å². The van der Waals surface area contributed by atoms with Gasteiger partial charge in [-0.2, -0.15) is 0 Å². The highest BCUT2D eigenvalue weighted by Gasteiger charge is 2.23. The average Bonchev–Trinajstić information content (AvgIpc) is 2.30. The van der Waals surface area contributed by atoms with Crippen molar-refractivity contribution in [1.29, 1.82) is 0 Å². The second-order valence-corrected chi connectivity index (χ2v) is 4.34. The first-order valence-corrected chi connectivity index (χ1v) is 5.55. The minimum atomic E-state index is 0.121. The second-order valence-electron chi connectivity index (χ2n) is 3.90. The van der Waals surface area contributed by atoms with Crippen molar-refractivity contribution in [3.05, 3.63) is 47.0 Å². The van der Waals surface area contributed by atoms with E-state index in [1.165, 1.54) is 5.56 Å².